The minimum Gasteiger partial charge on any atom is -0.494 e. The van der Waals surface area contributed by atoms with Crippen LogP contribution >= 0.6 is 0 Å². The van der Waals surface area contributed by atoms with Crippen LogP contribution in [-0.4, -0.2) is 24.7 Å². The highest BCUT2D eigenvalue weighted by Crippen LogP contribution is 2.31. The molecule has 0 aliphatic carbocycles. The molecule has 0 heterocycles. The molecule has 0 aliphatic heterocycles. The zero-order valence-electron chi connectivity index (χ0n) is 17.4. The molecule has 0 aliphatic rings. The van der Waals surface area contributed by atoms with E-state index in [-0.39, 0.29) is 5.91 Å². The second-order valence-electron chi connectivity index (χ2n) is 7.87. The minimum absolute atomic E-state index is 0.0458. The Bertz CT molecular complexity index is 513. The van der Waals surface area contributed by atoms with Gasteiger partial charge in [0.1, 0.15) is 11.4 Å². The Balaban J connectivity index is 2.95. The van der Waals surface area contributed by atoms with Crippen molar-refractivity contribution in [3.05, 3.63) is 24.3 Å². The lowest BCUT2D eigenvalue weighted by molar-refractivity contribution is -0.147. The van der Waals surface area contributed by atoms with Gasteiger partial charge >= 0.3 is 0 Å². The number of ether oxygens (including phenoxy) is 2. The van der Waals surface area contributed by atoms with Crippen LogP contribution in [0.2, 0.25) is 0 Å². The molecule has 1 N–H and O–H groups in total. The van der Waals surface area contributed by atoms with E-state index in [1.807, 2.05) is 24.3 Å². The van der Waals surface area contributed by atoms with Crippen molar-refractivity contribution in [1.82, 2.24) is 0 Å². The zero-order chi connectivity index (χ0) is 19.6. The molecule has 0 bridgehead atoms. The molecule has 0 fully saturated rings. The van der Waals surface area contributed by atoms with Crippen molar-refractivity contribution in [1.29, 1.82) is 0 Å². The van der Waals surface area contributed by atoms with Gasteiger partial charge in [0.25, 0.3) is 5.91 Å². The summed E-state index contributed by atoms with van der Waals surface area (Å²) in [6.45, 7) is 14.0. The van der Waals surface area contributed by atoms with Crippen LogP contribution in [0.25, 0.3) is 0 Å². The lowest BCUT2D eigenvalue weighted by Gasteiger charge is -2.35. The summed E-state index contributed by atoms with van der Waals surface area (Å²) >= 11 is 0. The Kier molecular flexibility index (Phi) is 9.71. The normalized spacial score (nSPS) is 11.8. The average molecular weight is 364 g/mol. The van der Waals surface area contributed by atoms with Gasteiger partial charge in [-0.3, -0.25) is 4.79 Å². The average Bonchev–Trinajstić information content (AvgIpc) is 2.58. The number of hydrogen-bond donors (Lipinski definition) is 1. The molecule has 26 heavy (non-hydrogen) atoms. The number of benzene rings is 1. The monoisotopic (exact) mass is 363 g/mol. The molecule has 4 heteroatoms. The maximum absolute atomic E-state index is 13.2. The van der Waals surface area contributed by atoms with Crippen LogP contribution in [-0.2, 0) is 9.53 Å². The summed E-state index contributed by atoms with van der Waals surface area (Å²) in [7, 11) is 0. The van der Waals surface area contributed by atoms with Crippen LogP contribution in [0.1, 0.15) is 67.2 Å². The molecule has 1 aromatic carbocycles. The molecule has 0 aromatic heterocycles. The van der Waals surface area contributed by atoms with Crippen molar-refractivity contribution in [3.63, 3.8) is 0 Å². The third-order valence-corrected chi connectivity index (χ3v) is 4.06. The van der Waals surface area contributed by atoms with Crippen molar-refractivity contribution in [2.75, 3.05) is 18.5 Å². The van der Waals surface area contributed by atoms with E-state index in [2.05, 4.69) is 46.9 Å². The second-order valence-corrected chi connectivity index (χ2v) is 7.87. The topological polar surface area (TPSA) is 47.6 Å². The fourth-order valence-electron chi connectivity index (χ4n) is 3.17. The molecule has 0 saturated heterocycles. The molecule has 4 nitrogen and oxygen atoms in total. The van der Waals surface area contributed by atoms with Crippen LogP contribution in [0, 0.1) is 11.8 Å². The van der Waals surface area contributed by atoms with Crippen molar-refractivity contribution >= 4 is 11.6 Å². The standard InChI is InChI=1S/C22H37NO3/c1-7-13-25-20-11-9-19(10-12-20)23-21(24)22(15-17(3)4,16-18(5)6)26-14-8-2/h9-12,17-18H,7-8,13-16H2,1-6H3,(H,23,24). The first kappa shape index (κ1) is 22.5. The SMILES string of the molecule is CCCOc1ccc(NC(=O)C(CC(C)C)(CC(C)C)OCCC)cc1. The largest absolute Gasteiger partial charge is 0.494 e. The fraction of sp³-hybridized carbons (Fsp3) is 0.682. The van der Waals surface area contributed by atoms with Crippen LogP contribution in [0.4, 0.5) is 5.69 Å². The van der Waals surface area contributed by atoms with Gasteiger partial charge in [0.2, 0.25) is 0 Å². The van der Waals surface area contributed by atoms with E-state index in [1.54, 1.807) is 0 Å². The summed E-state index contributed by atoms with van der Waals surface area (Å²) in [5, 5.41) is 3.07. The summed E-state index contributed by atoms with van der Waals surface area (Å²) in [5.74, 6) is 1.53. The molecule has 1 aromatic rings. The highest BCUT2D eigenvalue weighted by molar-refractivity contribution is 5.97. The number of nitrogens with one attached hydrogen (secondary N) is 1. The third-order valence-electron chi connectivity index (χ3n) is 4.06. The van der Waals surface area contributed by atoms with E-state index in [0.29, 0.717) is 37.9 Å². The Morgan fingerprint density at radius 1 is 0.962 bits per heavy atom. The number of carbonyl (C=O) groups is 1. The molecule has 0 saturated carbocycles. The molecule has 0 spiro atoms. The van der Waals surface area contributed by atoms with Crippen molar-refractivity contribution in [3.8, 4) is 5.75 Å². The smallest absolute Gasteiger partial charge is 0.256 e. The van der Waals surface area contributed by atoms with E-state index in [4.69, 9.17) is 9.47 Å². The lowest BCUT2D eigenvalue weighted by atomic mass is 9.83. The van der Waals surface area contributed by atoms with Gasteiger partial charge in [0.05, 0.1) is 6.61 Å². The lowest BCUT2D eigenvalue weighted by Crippen LogP contribution is -2.47. The van der Waals surface area contributed by atoms with Crippen LogP contribution in [0.15, 0.2) is 24.3 Å². The molecule has 148 valence electrons. The Labute approximate surface area is 159 Å². The number of amides is 1. The van der Waals surface area contributed by atoms with Crippen LogP contribution in [0.3, 0.4) is 0 Å². The van der Waals surface area contributed by atoms with Gasteiger partial charge in [-0.25, -0.2) is 0 Å². The maximum atomic E-state index is 13.2. The van der Waals surface area contributed by atoms with Gasteiger partial charge in [-0.05, 0) is 61.8 Å². The number of carbonyl (C=O) groups excluding carboxylic acids is 1. The summed E-state index contributed by atoms with van der Waals surface area (Å²) in [6.07, 6.45) is 3.30. The molecular formula is C22H37NO3. The fourth-order valence-corrected chi connectivity index (χ4v) is 3.17. The molecule has 0 atom stereocenters. The van der Waals surface area contributed by atoms with E-state index in [1.165, 1.54) is 0 Å². The second kappa shape index (κ2) is 11.2. The Morgan fingerprint density at radius 3 is 1.96 bits per heavy atom. The van der Waals surface area contributed by atoms with Gasteiger partial charge in [-0.2, -0.15) is 0 Å². The summed E-state index contributed by atoms with van der Waals surface area (Å²) in [4.78, 5) is 13.2. The van der Waals surface area contributed by atoms with E-state index >= 15 is 0 Å². The van der Waals surface area contributed by atoms with Gasteiger partial charge in [0, 0.05) is 12.3 Å². The Morgan fingerprint density at radius 2 is 1.50 bits per heavy atom. The first-order valence-electron chi connectivity index (χ1n) is 10.0. The predicted octanol–water partition coefficient (Wildman–Crippen LogP) is 5.67. The van der Waals surface area contributed by atoms with E-state index in [0.717, 1.165) is 24.3 Å². The van der Waals surface area contributed by atoms with E-state index < -0.39 is 5.60 Å². The summed E-state index contributed by atoms with van der Waals surface area (Å²) < 4.78 is 11.8. The molecular weight excluding hydrogens is 326 g/mol. The summed E-state index contributed by atoms with van der Waals surface area (Å²) in [5.41, 5.74) is -0.00810. The quantitative estimate of drug-likeness (QED) is 0.520. The highest BCUT2D eigenvalue weighted by Gasteiger charge is 2.40. The molecule has 1 rings (SSSR count). The Hall–Kier alpha value is -1.55. The summed E-state index contributed by atoms with van der Waals surface area (Å²) in [6, 6.07) is 7.56. The van der Waals surface area contributed by atoms with Gasteiger partial charge in [0.15, 0.2) is 0 Å². The van der Waals surface area contributed by atoms with Gasteiger partial charge < -0.3 is 14.8 Å². The first-order chi connectivity index (χ1) is 12.3. The first-order valence-corrected chi connectivity index (χ1v) is 10.0. The van der Waals surface area contributed by atoms with E-state index in [9.17, 15) is 4.79 Å². The molecule has 1 amide bonds. The van der Waals surface area contributed by atoms with Crippen molar-refractivity contribution in [2.24, 2.45) is 11.8 Å². The third kappa shape index (κ3) is 7.36. The number of rotatable bonds is 12. The number of hydrogen-bond acceptors (Lipinski definition) is 3. The highest BCUT2D eigenvalue weighted by atomic mass is 16.5. The minimum atomic E-state index is -0.782. The molecule has 0 radical (unpaired) electrons. The van der Waals surface area contributed by atoms with Crippen molar-refractivity contribution < 1.29 is 14.3 Å². The molecule has 0 unspecified atom stereocenters. The number of anilines is 1. The van der Waals surface area contributed by atoms with Crippen molar-refractivity contribution in [2.45, 2.75) is 72.8 Å². The predicted molar refractivity (Wildman–Crippen MR) is 109 cm³/mol. The van der Waals surface area contributed by atoms with Crippen LogP contribution in [0.5, 0.6) is 5.75 Å². The maximum Gasteiger partial charge on any atom is 0.256 e. The van der Waals surface area contributed by atoms with Gasteiger partial charge in [-0.1, -0.05) is 41.5 Å². The van der Waals surface area contributed by atoms with Crippen LogP contribution < -0.4 is 10.1 Å². The zero-order valence-corrected chi connectivity index (χ0v) is 17.4. The van der Waals surface area contributed by atoms with Gasteiger partial charge in [-0.15, -0.1) is 0 Å².